The molecule has 0 saturated carbocycles. The van der Waals surface area contributed by atoms with Gasteiger partial charge in [-0.05, 0) is 24.3 Å². The first-order valence-electron chi connectivity index (χ1n) is 6.01. The highest BCUT2D eigenvalue weighted by molar-refractivity contribution is 7.99. The van der Waals surface area contributed by atoms with Crippen molar-refractivity contribution >= 4 is 23.4 Å². The molecule has 0 aliphatic carbocycles. The van der Waals surface area contributed by atoms with Gasteiger partial charge < -0.3 is 0 Å². The molecule has 7 heteroatoms. The first kappa shape index (κ1) is 16.2. The molecule has 1 atom stereocenters. The molecule has 0 spiro atoms. The number of benzene rings is 2. The molecular weight excluding hydrogens is 321 g/mol. The molecule has 21 heavy (non-hydrogen) atoms. The number of thioether (sulfide) groups is 1. The van der Waals surface area contributed by atoms with E-state index in [4.69, 9.17) is 17.4 Å². The SMILES string of the molecule is NNC(CSc1cccc(Cl)c1)c1ccc(F)c(F)c1F. The fourth-order valence-corrected chi connectivity index (χ4v) is 3.05. The van der Waals surface area contributed by atoms with Crippen molar-refractivity contribution in [3.05, 3.63) is 64.4 Å². The molecule has 0 radical (unpaired) electrons. The van der Waals surface area contributed by atoms with Crippen LogP contribution in [0.1, 0.15) is 11.6 Å². The zero-order valence-corrected chi connectivity index (χ0v) is 12.3. The van der Waals surface area contributed by atoms with E-state index in [0.29, 0.717) is 10.8 Å². The molecule has 2 aromatic carbocycles. The van der Waals surface area contributed by atoms with Gasteiger partial charge in [0.05, 0.1) is 6.04 Å². The van der Waals surface area contributed by atoms with Gasteiger partial charge in [0.15, 0.2) is 17.5 Å². The van der Waals surface area contributed by atoms with Crippen LogP contribution in [0.3, 0.4) is 0 Å². The molecule has 0 aliphatic heterocycles. The van der Waals surface area contributed by atoms with Crippen LogP contribution in [0.5, 0.6) is 0 Å². The standard InChI is InChI=1S/C14H12ClF3N2S/c15-8-2-1-3-9(6-8)21-7-12(20-19)10-4-5-11(16)14(18)13(10)17/h1-6,12,20H,7,19H2. The third kappa shape index (κ3) is 3.91. The van der Waals surface area contributed by atoms with Gasteiger partial charge in [-0.1, -0.05) is 23.7 Å². The number of halogens is 4. The minimum Gasteiger partial charge on any atom is -0.271 e. The Morgan fingerprint density at radius 2 is 1.90 bits per heavy atom. The van der Waals surface area contributed by atoms with Crippen molar-refractivity contribution in [3.63, 3.8) is 0 Å². The third-order valence-electron chi connectivity index (χ3n) is 2.85. The van der Waals surface area contributed by atoms with E-state index < -0.39 is 23.5 Å². The van der Waals surface area contributed by atoms with Gasteiger partial charge >= 0.3 is 0 Å². The molecule has 3 N–H and O–H groups in total. The second kappa shape index (κ2) is 7.17. The van der Waals surface area contributed by atoms with Crippen molar-refractivity contribution in [1.29, 1.82) is 0 Å². The summed E-state index contributed by atoms with van der Waals surface area (Å²) in [5.74, 6) is 1.76. The van der Waals surface area contributed by atoms with Crippen LogP contribution >= 0.6 is 23.4 Å². The zero-order valence-electron chi connectivity index (χ0n) is 10.7. The van der Waals surface area contributed by atoms with E-state index in [1.165, 1.54) is 17.8 Å². The fraction of sp³-hybridized carbons (Fsp3) is 0.143. The highest BCUT2D eigenvalue weighted by Crippen LogP contribution is 2.28. The topological polar surface area (TPSA) is 38.0 Å². The Labute approximate surface area is 129 Å². The summed E-state index contributed by atoms with van der Waals surface area (Å²) in [4.78, 5) is 0.866. The van der Waals surface area contributed by atoms with Crippen molar-refractivity contribution in [2.45, 2.75) is 10.9 Å². The highest BCUT2D eigenvalue weighted by atomic mass is 35.5. The van der Waals surface area contributed by atoms with E-state index in [9.17, 15) is 13.2 Å². The lowest BCUT2D eigenvalue weighted by Crippen LogP contribution is -2.30. The number of nitrogens with one attached hydrogen (secondary N) is 1. The molecule has 0 fully saturated rings. The molecule has 0 aromatic heterocycles. The van der Waals surface area contributed by atoms with Crippen LogP contribution in [-0.2, 0) is 0 Å². The lowest BCUT2D eigenvalue weighted by atomic mass is 10.1. The van der Waals surface area contributed by atoms with Gasteiger partial charge in [0.2, 0.25) is 0 Å². The summed E-state index contributed by atoms with van der Waals surface area (Å²) in [7, 11) is 0. The minimum atomic E-state index is -1.50. The van der Waals surface area contributed by atoms with Gasteiger partial charge in [0.1, 0.15) is 0 Å². The van der Waals surface area contributed by atoms with Crippen molar-refractivity contribution in [1.82, 2.24) is 5.43 Å². The second-order valence-electron chi connectivity index (χ2n) is 4.25. The van der Waals surface area contributed by atoms with Crippen LogP contribution in [0, 0.1) is 17.5 Å². The highest BCUT2D eigenvalue weighted by Gasteiger charge is 2.20. The number of hydrogen-bond acceptors (Lipinski definition) is 3. The van der Waals surface area contributed by atoms with Gasteiger partial charge in [-0.2, -0.15) is 0 Å². The second-order valence-corrected chi connectivity index (χ2v) is 5.78. The van der Waals surface area contributed by atoms with Crippen molar-refractivity contribution < 1.29 is 13.2 Å². The zero-order chi connectivity index (χ0) is 15.4. The molecule has 112 valence electrons. The molecule has 0 bridgehead atoms. The van der Waals surface area contributed by atoms with Crippen LogP contribution in [0.25, 0.3) is 0 Å². The van der Waals surface area contributed by atoms with Crippen LogP contribution < -0.4 is 11.3 Å². The number of hydrogen-bond donors (Lipinski definition) is 2. The molecule has 0 amide bonds. The average molecular weight is 333 g/mol. The van der Waals surface area contributed by atoms with E-state index in [2.05, 4.69) is 5.43 Å². The van der Waals surface area contributed by atoms with E-state index >= 15 is 0 Å². The maximum atomic E-state index is 13.7. The van der Waals surface area contributed by atoms with Crippen LogP contribution in [0.2, 0.25) is 5.02 Å². The first-order chi connectivity index (χ1) is 10.0. The van der Waals surface area contributed by atoms with E-state index in [-0.39, 0.29) is 5.56 Å². The Hall–Kier alpha value is -1.21. The van der Waals surface area contributed by atoms with E-state index in [1.54, 1.807) is 18.2 Å². The normalized spacial score (nSPS) is 12.4. The molecular formula is C14H12ClF3N2S. The smallest absolute Gasteiger partial charge is 0.194 e. The van der Waals surface area contributed by atoms with Crippen LogP contribution in [0.15, 0.2) is 41.3 Å². The average Bonchev–Trinajstić information content (AvgIpc) is 2.47. The summed E-state index contributed by atoms with van der Waals surface area (Å²) in [5.41, 5.74) is 2.39. The molecule has 2 rings (SSSR count). The van der Waals surface area contributed by atoms with Crippen LogP contribution in [0.4, 0.5) is 13.2 Å². The van der Waals surface area contributed by atoms with Crippen molar-refractivity contribution in [2.24, 2.45) is 5.84 Å². The number of rotatable bonds is 5. The maximum absolute atomic E-state index is 13.7. The quantitative estimate of drug-likeness (QED) is 0.375. The lowest BCUT2D eigenvalue weighted by Gasteiger charge is -2.17. The van der Waals surface area contributed by atoms with Crippen molar-refractivity contribution in [2.75, 3.05) is 5.75 Å². The van der Waals surface area contributed by atoms with E-state index in [0.717, 1.165) is 11.0 Å². The van der Waals surface area contributed by atoms with Crippen LogP contribution in [-0.4, -0.2) is 5.75 Å². The van der Waals surface area contributed by atoms with Gasteiger partial charge in [-0.15, -0.1) is 11.8 Å². The molecule has 1 unspecified atom stereocenters. The molecule has 0 heterocycles. The Bertz CT molecular complexity index is 640. The number of hydrazine groups is 1. The Morgan fingerprint density at radius 3 is 2.57 bits per heavy atom. The van der Waals surface area contributed by atoms with Gasteiger partial charge in [-0.3, -0.25) is 11.3 Å². The molecule has 2 aromatic rings. The largest absolute Gasteiger partial charge is 0.271 e. The predicted molar refractivity (Wildman–Crippen MR) is 78.6 cm³/mol. The first-order valence-corrected chi connectivity index (χ1v) is 7.37. The molecule has 2 nitrogen and oxygen atoms in total. The van der Waals surface area contributed by atoms with Gasteiger partial charge in [0, 0.05) is 21.2 Å². The maximum Gasteiger partial charge on any atom is 0.194 e. The van der Waals surface area contributed by atoms with Gasteiger partial charge in [0.25, 0.3) is 0 Å². The fourth-order valence-electron chi connectivity index (χ4n) is 1.77. The predicted octanol–water partition coefficient (Wildman–Crippen LogP) is 4.05. The van der Waals surface area contributed by atoms with E-state index in [1.807, 2.05) is 6.07 Å². The minimum absolute atomic E-state index is 0.0223. The summed E-state index contributed by atoms with van der Waals surface area (Å²) in [6, 6.07) is 8.50. The number of nitrogens with two attached hydrogens (primary N) is 1. The summed E-state index contributed by atoms with van der Waals surface area (Å²) >= 11 is 7.24. The monoisotopic (exact) mass is 332 g/mol. The summed E-state index contributed by atoms with van der Waals surface area (Å²) in [6.45, 7) is 0. The van der Waals surface area contributed by atoms with Gasteiger partial charge in [-0.25, -0.2) is 13.2 Å². The molecule has 0 aliphatic rings. The Kier molecular flexibility index (Phi) is 5.52. The third-order valence-corrected chi connectivity index (χ3v) is 4.18. The Balaban J connectivity index is 2.15. The van der Waals surface area contributed by atoms with Crippen molar-refractivity contribution in [3.8, 4) is 0 Å². The summed E-state index contributed by atoms with van der Waals surface area (Å²) in [5, 5.41) is 0.580. The summed E-state index contributed by atoms with van der Waals surface area (Å²) < 4.78 is 39.9. The lowest BCUT2D eigenvalue weighted by molar-refractivity contribution is 0.431. The summed E-state index contributed by atoms with van der Waals surface area (Å²) in [6.07, 6.45) is 0. The molecule has 0 saturated heterocycles. The Morgan fingerprint density at radius 1 is 1.14 bits per heavy atom.